The molecular weight excluding hydrogens is 1010 g/mol. The zero-order valence-corrected chi connectivity index (χ0v) is 52.8. The van der Waals surface area contributed by atoms with Crippen molar-refractivity contribution in [3.8, 4) is 0 Å². The summed E-state index contributed by atoms with van der Waals surface area (Å²) in [6.07, 6.45) is 78.7. The maximum absolute atomic E-state index is 13.1. The molecule has 0 radical (unpaired) electrons. The number of carbonyl (C=O) groups is 1. The van der Waals surface area contributed by atoms with Crippen LogP contribution in [0.25, 0.3) is 0 Å². The highest BCUT2D eigenvalue weighted by molar-refractivity contribution is 5.76. The molecule has 7 atom stereocenters. The molecule has 1 saturated heterocycles. The lowest BCUT2D eigenvalue weighted by atomic mass is 9.99. The Morgan fingerprint density at radius 1 is 0.420 bits per heavy atom. The highest BCUT2D eigenvalue weighted by atomic mass is 16.7. The Kier molecular flexibility index (Phi) is 57.5. The van der Waals surface area contributed by atoms with E-state index in [1.165, 1.54) is 244 Å². The third kappa shape index (κ3) is 49.6. The van der Waals surface area contributed by atoms with E-state index in [2.05, 4.69) is 79.9 Å². The molecular formula is C72H131NO8. The smallest absolute Gasteiger partial charge is 0.220 e. The second-order valence-corrected chi connectivity index (χ2v) is 24.0. The molecule has 472 valence electrons. The van der Waals surface area contributed by atoms with Gasteiger partial charge in [-0.25, -0.2) is 0 Å². The van der Waals surface area contributed by atoms with Crippen molar-refractivity contribution in [1.82, 2.24) is 5.32 Å². The fraction of sp³-hybridized carbons (Fsp3) is 0.819. The molecule has 1 amide bonds. The molecule has 9 heteroatoms. The van der Waals surface area contributed by atoms with Gasteiger partial charge in [-0.15, -0.1) is 0 Å². The van der Waals surface area contributed by atoms with Crippen LogP contribution in [0.2, 0.25) is 0 Å². The predicted octanol–water partition coefficient (Wildman–Crippen LogP) is 18.8. The first-order chi connectivity index (χ1) is 39.8. The monoisotopic (exact) mass is 1140 g/mol. The predicted molar refractivity (Wildman–Crippen MR) is 345 cm³/mol. The van der Waals surface area contributed by atoms with E-state index < -0.39 is 49.5 Å². The fourth-order valence-corrected chi connectivity index (χ4v) is 10.8. The van der Waals surface area contributed by atoms with Gasteiger partial charge in [0.2, 0.25) is 5.91 Å². The number of amides is 1. The van der Waals surface area contributed by atoms with E-state index in [4.69, 9.17) is 9.47 Å². The molecule has 7 unspecified atom stereocenters. The molecule has 1 heterocycles. The first-order valence-electron chi connectivity index (χ1n) is 34.7. The van der Waals surface area contributed by atoms with Gasteiger partial charge in [0.25, 0.3) is 0 Å². The molecule has 0 spiro atoms. The lowest BCUT2D eigenvalue weighted by Gasteiger charge is -2.40. The van der Waals surface area contributed by atoms with E-state index in [-0.39, 0.29) is 12.5 Å². The van der Waals surface area contributed by atoms with Gasteiger partial charge in [0, 0.05) is 6.42 Å². The Morgan fingerprint density at radius 3 is 1.12 bits per heavy atom. The van der Waals surface area contributed by atoms with Gasteiger partial charge in [-0.05, 0) is 83.5 Å². The molecule has 81 heavy (non-hydrogen) atoms. The summed E-state index contributed by atoms with van der Waals surface area (Å²) in [5, 5.41) is 54.7. The summed E-state index contributed by atoms with van der Waals surface area (Å²) < 4.78 is 11.3. The third-order valence-electron chi connectivity index (χ3n) is 16.2. The minimum atomic E-state index is -1.58. The Balaban J connectivity index is 2.11. The van der Waals surface area contributed by atoms with E-state index in [1.54, 1.807) is 6.08 Å². The molecule has 6 N–H and O–H groups in total. The van der Waals surface area contributed by atoms with E-state index in [0.717, 1.165) is 57.8 Å². The second-order valence-electron chi connectivity index (χ2n) is 24.0. The number of ether oxygens (including phenoxy) is 2. The normalized spacial score (nSPS) is 18.8. The van der Waals surface area contributed by atoms with Crippen molar-refractivity contribution in [2.75, 3.05) is 13.2 Å². The van der Waals surface area contributed by atoms with Crippen molar-refractivity contribution in [3.63, 3.8) is 0 Å². The van der Waals surface area contributed by atoms with Crippen LogP contribution in [0.3, 0.4) is 0 Å². The van der Waals surface area contributed by atoms with Crippen LogP contribution in [0.5, 0.6) is 0 Å². The van der Waals surface area contributed by atoms with Crippen LogP contribution in [-0.4, -0.2) is 87.5 Å². The molecule has 0 aromatic carbocycles. The van der Waals surface area contributed by atoms with Gasteiger partial charge in [-0.2, -0.15) is 0 Å². The van der Waals surface area contributed by atoms with Crippen molar-refractivity contribution in [2.45, 2.75) is 365 Å². The number of aliphatic hydroxyl groups excluding tert-OH is 5. The zero-order chi connectivity index (χ0) is 58.6. The average Bonchev–Trinajstić information content (AvgIpc) is 3.49. The molecule has 0 aromatic heterocycles. The number of unbranched alkanes of at least 4 members (excludes halogenated alkanes) is 40. The van der Waals surface area contributed by atoms with Crippen LogP contribution < -0.4 is 5.32 Å². The summed E-state index contributed by atoms with van der Waals surface area (Å²) in [5.41, 5.74) is 0. The van der Waals surface area contributed by atoms with E-state index in [9.17, 15) is 30.3 Å². The molecule has 1 aliphatic rings. The molecule has 1 rings (SSSR count). The SMILES string of the molecule is CCCCCCC/C=C\C/C=C\C/C=C\CCCCCCCCCCCCCCCCCCCCCCCCC(=O)NC(COC1OC(CO)C(O)C(O)C1O)C(O)/C=C/CC/C=C/CC/C=C/CCCCCCCCCCCCC. The van der Waals surface area contributed by atoms with Crippen molar-refractivity contribution in [2.24, 2.45) is 0 Å². The third-order valence-corrected chi connectivity index (χ3v) is 16.2. The maximum atomic E-state index is 13.1. The number of nitrogens with one attached hydrogen (secondary N) is 1. The quantitative estimate of drug-likeness (QED) is 0.0261. The molecule has 1 aliphatic heterocycles. The number of hydrogen-bond acceptors (Lipinski definition) is 8. The highest BCUT2D eigenvalue weighted by Crippen LogP contribution is 2.23. The van der Waals surface area contributed by atoms with Crippen LogP contribution in [0.4, 0.5) is 0 Å². The first kappa shape index (κ1) is 76.6. The first-order valence-corrected chi connectivity index (χ1v) is 34.7. The summed E-state index contributed by atoms with van der Waals surface area (Å²) >= 11 is 0. The lowest BCUT2D eigenvalue weighted by molar-refractivity contribution is -0.302. The minimum absolute atomic E-state index is 0.187. The minimum Gasteiger partial charge on any atom is -0.394 e. The van der Waals surface area contributed by atoms with E-state index in [0.29, 0.717) is 6.42 Å². The zero-order valence-electron chi connectivity index (χ0n) is 52.8. The van der Waals surface area contributed by atoms with Gasteiger partial charge in [0.15, 0.2) is 6.29 Å². The van der Waals surface area contributed by atoms with Gasteiger partial charge in [-0.3, -0.25) is 4.79 Å². The second kappa shape index (κ2) is 60.7. The number of hydrogen-bond donors (Lipinski definition) is 6. The van der Waals surface area contributed by atoms with E-state index >= 15 is 0 Å². The van der Waals surface area contributed by atoms with Gasteiger partial charge in [-0.1, -0.05) is 305 Å². The summed E-state index contributed by atoms with van der Waals surface area (Å²) in [6.45, 7) is 3.77. The molecule has 0 bridgehead atoms. The van der Waals surface area contributed by atoms with Crippen molar-refractivity contribution < 1.29 is 39.8 Å². The number of carbonyl (C=O) groups excluding carboxylic acids is 1. The van der Waals surface area contributed by atoms with Crippen LogP contribution in [0, 0.1) is 0 Å². The Bertz CT molecular complexity index is 1510. The summed E-state index contributed by atoms with van der Waals surface area (Å²) in [7, 11) is 0. The maximum Gasteiger partial charge on any atom is 0.220 e. The van der Waals surface area contributed by atoms with Crippen molar-refractivity contribution in [1.29, 1.82) is 0 Å². The molecule has 0 saturated carbocycles. The largest absolute Gasteiger partial charge is 0.394 e. The Hall–Kier alpha value is -2.37. The van der Waals surface area contributed by atoms with Crippen LogP contribution in [0.15, 0.2) is 72.9 Å². The standard InChI is InChI=1S/C72H131NO8/c1-3-5-7-9-11-13-15-17-19-21-23-25-26-27-28-29-30-31-32-33-34-35-36-37-38-39-40-42-44-46-48-50-52-54-56-58-60-62-68(76)73-65(64-80-72-71(79)70(78)69(77)67(63-74)81-72)66(75)61-59-57-55-53-51-49-47-45-43-41-24-22-20-18-16-14-12-10-8-6-4-2/h15,17,21,23,26-27,43,45,51,53,59,61,65-67,69-72,74-75,77-79H,3-14,16,18-20,22,24-25,28-42,44,46-50,52,54-58,60,62-64H2,1-2H3,(H,73,76)/b17-15-,23-21-,27-26-,45-43+,53-51+,61-59+. The Labute approximate surface area is 499 Å². The van der Waals surface area contributed by atoms with Crippen LogP contribution in [0.1, 0.15) is 322 Å². The number of allylic oxidation sites excluding steroid dienone is 11. The van der Waals surface area contributed by atoms with Crippen molar-refractivity contribution in [3.05, 3.63) is 72.9 Å². The van der Waals surface area contributed by atoms with E-state index in [1.807, 2.05) is 6.08 Å². The summed E-state index contributed by atoms with van der Waals surface area (Å²) in [4.78, 5) is 13.1. The average molecular weight is 1140 g/mol. The van der Waals surface area contributed by atoms with Gasteiger partial charge >= 0.3 is 0 Å². The molecule has 0 aliphatic carbocycles. The number of rotatable bonds is 60. The summed E-state index contributed by atoms with van der Waals surface area (Å²) in [6, 6.07) is -0.830. The molecule has 1 fully saturated rings. The Morgan fingerprint density at radius 2 is 0.741 bits per heavy atom. The van der Waals surface area contributed by atoms with Crippen LogP contribution >= 0.6 is 0 Å². The molecule has 0 aromatic rings. The van der Waals surface area contributed by atoms with Crippen molar-refractivity contribution >= 4 is 5.91 Å². The summed E-state index contributed by atoms with van der Waals surface area (Å²) in [5.74, 6) is -0.187. The topological polar surface area (TPSA) is 149 Å². The lowest BCUT2D eigenvalue weighted by Crippen LogP contribution is -2.60. The highest BCUT2D eigenvalue weighted by Gasteiger charge is 2.44. The van der Waals surface area contributed by atoms with Gasteiger partial charge < -0.3 is 40.3 Å². The molecule has 9 nitrogen and oxygen atoms in total. The fourth-order valence-electron chi connectivity index (χ4n) is 10.8. The van der Waals surface area contributed by atoms with Crippen LogP contribution in [-0.2, 0) is 14.3 Å². The number of aliphatic hydroxyl groups is 5. The van der Waals surface area contributed by atoms with Gasteiger partial charge in [0.1, 0.15) is 24.4 Å². The van der Waals surface area contributed by atoms with Gasteiger partial charge in [0.05, 0.1) is 25.4 Å².